The van der Waals surface area contributed by atoms with E-state index in [-0.39, 0.29) is 53.6 Å². The molecule has 2 fully saturated rings. The number of aliphatic hydroxyl groups excluding tert-OH is 1. The fourth-order valence-corrected chi connectivity index (χ4v) is 7.14. The van der Waals surface area contributed by atoms with Crippen molar-refractivity contribution < 1.29 is 23.1 Å². The van der Waals surface area contributed by atoms with Gasteiger partial charge in [0, 0.05) is 77.4 Å². The van der Waals surface area contributed by atoms with Gasteiger partial charge in [-0.2, -0.15) is 0 Å². The molecule has 3 heterocycles. The molecule has 12 nitrogen and oxygen atoms in total. The van der Waals surface area contributed by atoms with Gasteiger partial charge in [-0.15, -0.1) is 0 Å². The van der Waals surface area contributed by atoms with Crippen molar-refractivity contribution in [3.63, 3.8) is 0 Å². The molecule has 1 aromatic heterocycles. The van der Waals surface area contributed by atoms with Crippen LogP contribution in [0.2, 0.25) is 0 Å². The van der Waals surface area contributed by atoms with Gasteiger partial charge >= 0.3 is 0 Å². The summed E-state index contributed by atoms with van der Waals surface area (Å²) in [6, 6.07) is 9.56. The van der Waals surface area contributed by atoms with Gasteiger partial charge in [-0.05, 0) is 64.1 Å². The predicted octanol–water partition coefficient (Wildman–Crippen LogP) is 1.34. The third kappa shape index (κ3) is 8.70. The number of para-hydroxylation sites is 1. The van der Waals surface area contributed by atoms with E-state index in [1.807, 2.05) is 50.1 Å². The maximum atomic E-state index is 13.4. The molecule has 13 heteroatoms. The molecule has 2 amide bonds. The highest BCUT2D eigenvalue weighted by Crippen LogP contribution is 2.36. The molecule has 0 radical (unpaired) electrons. The molecule has 2 N–H and O–H groups in total. The number of amides is 2. The number of pyridine rings is 1. The molecular formula is C32H50N6O6S. The Balaban J connectivity index is 1.31. The number of aliphatic hydroxyl groups is 1. The monoisotopic (exact) mass is 646 g/mol. The van der Waals surface area contributed by atoms with Crippen molar-refractivity contribution in [3.8, 4) is 0 Å². The highest BCUT2D eigenvalue weighted by molar-refractivity contribution is 7.88. The molecule has 3 atom stereocenters. The van der Waals surface area contributed by atoms with Crippen LogP contribution in [0.4, 0.5) is 0 Å². The summed E-state index contributed by atoms with van der Waals surface area (Å²) in [5.74, 6) is -0.464. The first-order chi connectivity index (χ1) is 21.1. The second kappa shape index (κ2) is 14.7. The van der Waals surface area contributed by atoms with Crippen LogP contribution in [0.25, 0.3) is 10.9 Å². The van der Waals surface area contributed by atoms with Crippen molar-refractivity contribution in [1.82, 2.24) is 28.9 Å². The van der Waals surface area contributed by atoms with Crippen LogP contribution < -0.4 is 10.9 Å². The summed E-state index contributed by atoms with van der Waals surface area (Å²) in [7, 11) is 0.179. The van der Waals surface area contributed by atoms with E-state index in [0.29, 0.717) is 32.7 Å². The van der Waals surface area contributed by atoms with Crippen LogP contribution in [0.3, 0.4) is 0 Å². The summed E-state index contributed by atoms with van der Waals surface area (Å²) in [6.45, 7) is 7.90. The average Bonchev–Trinajstić information content (AvgIpc) is 3.18. The number of nitrogens with zero attached hydrogens (tertiary/aromatic N) is 5. The van der Waals surface area contributed by atoms with E-state index < -0.39 is 16.1 Å². The van der Waals surface area contributed by atoms with E-state index in [4.69, 9.17) is 0 Å². The summed E-state index contributed by atoms with van der Waals surface area (Å²) in [6.07, 6.45) is 3.88. The van der Waals surface area contributed by atoms with E-state index in [2.05, 4.69) is 10.2 Å². The number of hydrogen-bond acceptors (Lipinski definition) is 8. The zero-order chi connectivity index (χ0) is 33.1. The van der Waals surface area contributed by atoms with Crippen LogP contribution in [0.15, 0.2) is 35.1 Å². The standard InChI is InChI=1S/C32H50N6O6S/c1-22(2)38-30-10-8-7-9-24(30)17-29(32(38)42)31(41)33-25-18-26-11-12-27(19-25)37(26)21-28(40)20-36(23(3)39)16-14-34(4)13-15-35(5)45(6,43)44/h7-10,17,22,25-28,40H,11-16,18-21H2,1-6H3,(H,33,41)/t26-,27-,28?/m0/s1. The molecule has 2 bridgehead atoms. The summed E-state index contributed by atoms with van der Waals surface area (Å²) in [4.78, 5) is 45.1. The molecule has 2 aliphatic heterocycles. The lowest BCUT2D eigenvalue weighted by Gasteiger charge is -2.40. The van der Waals surface area contributed by atoms with Crippen molar-refractivity contribution in [1.29, 1.82) is 0 Å². The molecule has 0 spiro atoms. The number of fused-ring (bicyclic) bond motifs is 3. The molecule has 45 heavy (non-hydrogen) atoms. The minimum Gasteiger partial charge on any atom is -0.390 e. The van der Waals surface area contributed by atoms with E-state index in [9.17, 15) is 27.9 Å². The number of carbonyl (C=O) groups is 2. The second-order valence-corrected chi connectivity index (χ2v) is 15.2. The van der Waals surface area contributed by atoms with Gasteiger partial charge in [0.05, 0.1) is 17.9 Å². The predicted molar refractivity (Wildman–Crippen MR) is 176 cm³/mol. The topological polar surface area (TPSA) is 136 Å². The zero-order valence-electron chi connectivity index (χ0n) is 27.5. The molecule has 0 saturated carbocycles. The fourth-order valence-electron chi connectivity index (χ4n) is 6.73. The second-order valence-electron chi connectivity index (χ2n) is 13.1. The third-order valence-electron chi connectivity index (χ3n) is 9.34. The number of rotatable bonds is 14. The third-order valence-corrected chi connectivity index (χ3v) is 10.7. The summed E-state index contributed by atoms with van der Waals surface area (Å²) < 4.78 is 26.2. The SMILES string of the molecule is CC(=O)N(CCN(C)CCN(C)S(C)(=O)=O)CC(O)CN1[C@H]2CC[C@H]1CC(NC(=O)c1cc3ccccc3n(C(C)C)c1=O)C2. The van der Waals surface area contributed by atoms with E-state index >= 15 is 0 Å². The minimum atomic E-state index is -3.24. The molecule has 2 aromatic rings. The number of nitrogens with one attached hydrogen (secondary N) is 1. The Kier molecular flexibility index (Phi) is 11.5. The first-order valence-corrected chi connectivity index (χ1v) is 17.7. The number of carbonyl (C=O) groups excluding carboxylic acids is 2. The summed E-state index contributed by atoms with van der Waals surface area (Å²) in [5, 5.41) is 15.0. The van der Waals surface area contributed by atoms with Gasteiger partial charge in [-0.1, -0.05) is 18.2 Å². The van der Waals surface area contributed by atoms with Gasteiger partial charge < -0.3 is 24.8 Å². The van der Waals surface area contributed by atoms with Crippen LogP contribution in [0, 0.1) is 0 Å². The number of sulfonamides is 1. The van der Waals surface area contributed by atoms with Crippen LogP contribution in [-0.4, -0.2) is 133 Å². The van der Waals surface area contributed by atoms with Crippen LogP contribution in [0.1, 0.15) is 62.9 Å². The van der Waals surface area contributed by atoms with Crippen molar-refractivity contribution in [2.24, 2.45) is 0 Å². The first-order valence-electron chi connectivity index (χ1n) is 15.9. The largest absolute Gasteiger partial charge is 0.390 e. The maximum absolute atomic E-state index is 13.4. The lowest BCUT2D eigenvalue weighted by molar-refractivity contribution is -0.130. The summed E-state index contributed by atoms with van der Waals surface area (Å²) in [5.41, 5.74) is 0.684. The van der Waals surface area contributed by atoms with Gasteiger partial charge in [0.2, 0.25) is 15.9 Å². The summed E-state index contributed by atoms with van der Waals surface area (Å²) >= 11 is 0. The average molecular weight is 647 g/mol. The van der Waals surface area contributed by atoms with E-state index in [1.54, 1.807) is 22.6 Å². The lowest BCUT2D eigenvalue weighted by Crippen LogP contribution is -2.54. The molecule has 250 valence electrons. The Labute approximate surface area is 267 Å². The maximum Gasteiger partial charge on any atom is 0.264 e. The van der Waals surface area contributed by atoms with Crippen LogP contribution >= 0.6 is 0 Å². The molecule has 1 unspecified atom stereocenters. The number of piperidine rings is 1. The lowest BCUT2D eigenvalue weighted by atomic mass is 9.96. The Morgan fingerprint density at radius 2 is 1.67 bits per heavy atom. The molecule has 2 aliphatic rings. The van der Waals surface area contributed by atoms with E-state index in [0.717, 1.165) is 36.6 Å². The Bertz CT molecular complexity index is 1510. The minimum absolute atomic E-state index is 0.0623. The number of likely N-dealkylation sites (N-methyl/N-ethyl adjacent to an activating group) is 2. The quantitative estimate of drug-likeness (QED) is 0.314. The number of aromatic nitrogens is 1. The van der Waals surface area contributed by atoms with Gasteiger partial charge in [-0.25, -0.2) is 12.7 Å². The Morgan fingerprint density at radius 1 is 1.04 bits per heavy atom. The van der Waals surface area contributed by atoms with Gasteiger partial charge in [0.25, 0.3) is 11.5 Å². The first kappa shape index (κ1) is 35.0. The van der Waals surface area contributed by atoms with Crippen LogP contribution in [0.5, 0.6) is 0 Å². The Hall–Kier alpha value is -2.84. The molecular weight excluding hydrogens is 596 g/mol. The number of hydrogen-bond donors (Lipinski definition) is 2. The molecule has 4 rings (SSSR count). The van der Waals surface area contributed by atoms with Crippen LogP contribution in [-0.2, 0) is 14.8 Å². The van der Waals surface area contributed by atoms with Crippen molar-refractivity contribution in [2.45, 2.75) is 76.7 Å². The molecule has 2 saturated heterocycles. The van der Waals surface area contributed by atoms with Crippen molar-refractivity contribution in [3.05, 3.63) is 46.2 Å². The van der Waals surface area contributed by atoms with Crippen molar-refractivity contribution >= 4 is 32.7 Å². The highest BCUT2D eigenvalue weighted by atomic mass is 32.2. The van der Waals surface area contributed by atoms with Crippen molar-refractivity contribution in [2.75, 3.05) is 59.6 Å². The zero-order valence-corrected chi connectivity index (χ0v) is 28.3. The van der Waals surface area contributed by atoms with Gasteiger partial charge in [-0.3, -0.25) is 19.3 Å². The highest BCUT2D eigenvalue weighted by Gasteiger charge is 2.42. The van der Waals surface area contributed by atoms with Gasteiger partial charge in [0.1, 0.15) is 5.56 Å². The number of benzene rings is 1. The normalized spacial score (nSPS) is 21.2. The molecule has 0 aliphatic carbocycles. The van der Waals surface area contributed by atoms with Gasteiger partial charge in [0.15, 0.2) is 0 Å². The molecule has 1 aromatic carbocycles. The van der Waals surface area contributed by atoms with E-state index in [1.165, 1.54) is 17.5 Å². The smallest absolute Gasteiger partial charge is 0.264 e. The Morgan fingerprint density at radius 3 is 2.27 bits per heavy atom. The fraction of sp³-hybridized carbons (Fsp3) is 0.656.